The first kappa shape index (κ1) is 20.1. The van der Waals surface area contributed by atoms with Crippen LogP contribution in [-0.4, -0.2) is 37.4 Å². The van der Waals surface area contributed by atoms with Crippen LogP contribution in [0, 0.1) is 0 Å². The fraction of sp³-hybridized carbons (Fsp3) is 0.200. The predicted octanol–water partition coefficient (Wildman–Crippen LogP) is 5.13. The van der Waals surface area contributed by atoms with Crippen molar-refractivity contribution < 1.29 is 4.74 Å². The van der Waals surface area contributed by atoms with Crippen molar-refractivity contribution in [3.05, 3.63) is 68.7 Å². The molecule has 0 atom stereocenters. The molecule has 0 bridgehead atoms. The van der Waals surface area contributed by atoms with Gasteiger partial charge in [0, 0.05) is 27.4 Å². The molecule has 7 heteroatoms. The Balaban J connectivity index is 1.98. The van der Waals surface area contributed by atoms with Gasteiger partial charge in [-0.05, 0) is 36.1 Å². The summed E-state index contributed by atoms with van der Waals surface area (Å²) < 4.78 is 8.06. The lowest BCUT2D eigenvalue weighted by Gasteiger charge is -2.04. The summed E-state index contributed by atoms with van der Waals surface area (Å²) in [4.78, 5) is 6.72. The first-order chi connectivity index (χ1) is 13.2. The van der Waals surface area contributed by atoms with Crippen molar-refractivity contribution >= 4 is 45.2 Å². The summed E-state index contributed by atoms with van der Waals surface area (Å²) in [7, 11) is 1.68. The van der Waals surface area contributed by atoms with Gasteiger partial charge in [0.1, 0.15) is 0 Å². The average molecular weight is 462 g/mol. The molecule has 0 radical (unpaired) electrons. The molecule has 0 fully saturated rings. The molecule has 0 aliphatic rings. The Morgan fingerprint density at radius 3 is 2.56 bits per heavy atom. The number of nitrogens with zero attached hydrogens (tertiary/aromatic N) is 3. The van der Waals surface area contributed by atoms with Crippen molar-refractivity contribution in [2.24, 2.45) is 10.1 Å². The Morgan fingerprint density at radius 1 is 1.15 bits per heavy atom. The second-order valence-electron chi connectivity index (χ2n) is 5.61. The van der Waals surface area contributed by atoms with Crippen LogP contribution in [0.25, 0.3) is 11.3 Å². The first-order valence-electron chi connectivity index (χ1n) is 8.35. The maximum Gasteiger partial charge on any atom is 0.206 e. The van der Waals surface area contributed by atoms with Gasteiger partial charge in [0.25, 0.3) is 0 Å². The molecule has 0 unspecified atom stereocenters. The van der Waals surface area contributed by atoms with Gasteiger partial charge in [-0.25, -0.2) is 4.68 Å². The van der Waals surface area contributed by atoms with E-state index in [2.05, 4.69) is 69.0 Å². The SMILES string of the molecule is COCCN=c1scc(-c2ccc(Br)cc2)n1N=Cc1ccc(SC)cc1. The Bertz CT molecular complexity index is 960. The van der Waals surface area contributed by atoms with Gasteiger partial charge >= 0.3 is 0 Å². The number of ether oxygens (including phenoxy) is 1. The normalized spacial score (nSPS) is 12.2. The lowest BCUT2D eigenvalue weighted by Crippen LogP contribution is -2.13. The highest BCUT2D eigenvalue weighted by molar-refractivity contribution is 9.10. The second-order valence-corrected chi connectivity index (χ2v) is 8.25. The van der Waals surface area contributed by atoms with Crippen molar-refractivity contribution in [3.63, 3.8) is 0 Å². The highest BCUT2D eigenvalue weighted by atomic mass is 79.9. The van der Waals surface area contributed by atoms with Crippen LogP contribution in [0.3, 0.4) is 0 Å². The molecule has 3 aromatic rings. The lowest BCUT2D eigenvalue weighted by atomic mass is 10.2. The lowest BCUT2D eigenvalue weighted by molar-refractivity contribution is 0.207. The van der Waals surface area contributed by atoms with Crippen LogP contribution < -0.4 is 4.80 Å². The van der Waals surface area contributed by atoms with Crippen LogP contribution in [0.2, 0.25) is 0 Å². The summed E-state index contributed by atoms with van der Waals surface area (Å²) in [5.41, 5.74) is 3.16. The first-order valence-corrected chi connectivity index (χ1v) is 11.3. The number of methoxy groups -OCH3 is 1. The summed E-state index contributed by atoms with van der Waals surface area (Å²) in [6, 6.07) is 16.6. The summed E-state index contributed by atoms with van der Waals surface area (Å²) in [5, 5.41) is 6.80. The number of benzene rings is 2. The second kappa shape index (κ2) is 10.0. The zero-order chi connectivity index (χ0) is 19.1. The molecule has 0 N–H and O–H groups in total. The predicted molar refractivity (Wildman–Crippen MR) is 119 cm³/mol. The molecule has 0 spiro atoms. The maximum absolute atomic E-state index is 5.12. The van der Waals surface area contributed by atoms with Crippen molar-refractivity contribution in [1.82, 2.24) is 4.68 Å². The summed E-state index contributed by atoms with van der Waals surface area (Å²) in [6.45, 7) is 1.19. The van der Waals surface area contributed by atoms with Crippen LogP contribution in [0.5, 0.6) is 0 Å². The van der Waals surface area contributed by atoms with E-state index in [0.717, 1.165) is 26.1 Å². The van der Waals surface area contributed by atoms with Gasteiger partial charge in [0.2, 0.25) is 4.80 Å². The Hall–Kier alpha value is -1.67. The minimum atomic E-state index is 0.589. The third kappa shape index (κ3) is 5.42. The fourth-order valence-corrected chi connectivity index (χ4v) is 3.92. The average Bonchev–Trinajstić information content (AvgIpc) is 3.10. The number of thiazole rings is 1. The molecule has 0 amide bonds. The van der Waals surface area contributed by atoms with Crippen LogP contribution in [-0.2, 0) is 4.74 Å². The van der Waals surface area contributed by atoms with Gasteiger partial charge in [0.05, 0.1) is 25.1 Å². The number of halogens is 1. The number of hydrogen-bond donors (Lipinski definition) is 0. The Morgan fingerprint density at radius 2 is 1.89 bits per heavy atom. The Kier molecular flexibility index (Phi) is 7.46. The molecular weight excluding hydrogens is 442 g/mol. The number of rotatable bonds is 7. The topological polar surface area (TPSA) is 38.9 Å². The van der Waals surface area contributed by atoms with Crippen molar-refractivity contribution in [1.29, 1.82) is 0 Å². The molecule has 4 nitrogen and oxygen atoms in total. The molecule has 1 aromatic heterocycles. The highest BCUT2D eigenvalue weighted by Crippen LogP contribution is 2.22. The maximum atomic E-state index is 5.12. The van der Waals surface area contributed by atoms with Gasteiger partial charge in [-0.2, -0.15) is 5.10 Å². The quantitative estimate of drug-likeness (QED) is 0.277. The van der Waals surface area contributed by atoms with Gasteiger partial charge in [-0.15, -0.1) is 23.1 Å². The van der Waals surface area contributed by atoms with Crippen molar-refractivity contribution in [3.8, 4) is 11.3 Å². The van der Waals surface area contributed by atoms with Crippen molar-refractivity contribution in [2.45, 2.75) is 4.90 Å². The van der Waals surface area contributed by atoms with E-state index in [0.29, 0.717) is 13.2 Å². The molecule has 27 heavy (non-hydrogen) atoms. The van der Waals surface area contributed by atoms with E-state index < -0.39 is 0 Å². The molecular formula is C20H20BrN3OS2. The number of hydrogen-bond acceptors (Lipinski definition) is 5. The van der Waals surface area contributed by atoms with Gasteiger partial charge < -0.3 is 4.74 Å². The molecule has 0 saturated carbocycles. The molecule has 140 valence electrons. The van der Waals surface area contributed by atoms with E-state index in [1.54, 1.807) is 30.2 Å². The number of thioether (sulfide) groups is 1. The summed E-state index contributed by atoms with van der Waals surface area (Å²) in [5.74, 6) is 0. The largest absolute Gasteiger partial charge is 0.383 e. The van der Waals surface area contributed by atoms with E-state index in [1.165, 1.54) is 4.90 Å². The molecule has 2 aromatic carbocycles. The van der Waals surface area contributed by atoms with Gasteiger partial charge in [-0.1, -0.05) is 40.2 Å². The van der Waals surface area contributed by atoms with Gasteiger partial charge in [-0.3, -0.25) is 4.99 Å². The third-order valence-electron chi connectivity index (χ3n) is 3.81. The van der Waals surface area contributed by atoms with E-state index in [9.17, 15) is 0 Å². The number of aromatic nitrogens is 1. The zero-order valence-electron chi connectivity index (χ0n) is 15.1. The van der Waals surface area contributed by atoms with Crippen LogP contribution in [0.1, 0.15) is 5.56 Å². The minimum absolute atomic E-state index is 0.589. The smallest absolute Gasteiger partial charge is 0.206 e. The van der Waals surface area contributed by atoms with E-state index in [-0.39, 0.29) is 0 Å². The third-order valence-corrected chi connectivity index (χ3v) is 5.93. The van der Waals surface area contributed by atoms with E-state index in [1.807, 2.05) is 23.0 Å². The molecule has 0 aliphatic carbocycles. The standard InChI is InChI=1S/C20H20BrN3OS2/c1-25-12-11-22-20-24(23-13-15-3-9-18(26-2)10-4-15)19(14-27-20)16-5-7-17(21)8-6-16/h3-10,13-14H,11-12H2,1-2H3. The summed E-state index contributed by atoms with van der Waals surface area (Å²) >= 11 is 6.80. The fourth-order valence-electron chi connectivity index (χ4n) is 2.39. The van der Waals surface area contributed by atoms with Crippen LogP contribution in [0.15, 0.2) is 73.4 Å². The van der Waals surface area contributed by atoms with Gasteiger partial charge in [0.15, 0.2) is 0 Å². The summed E-state index contributed by atoms with van der Waals surface area (Å²) in [6.07, 6.45) is 3.94. The zero-order valence-corrected chi connectivity index (χ0v) is 18.4. The molecule has 0 saturated heterocycles. The monoisotopic (exact) mass is 461 g/mol. The van der Waals surface area contributed by atoms with Crippen molar-refractivity contribution in [2.75, 3.05) is 26.5 Å². The van der Waals surface area contributed by atoms with E-state index >= 15 is 0 Å². The van der Waals surface area contributed by atoms with E-state index in [4.69, 9.17) is 9.84 Å². The minimum Gasteiger partial charge on any atom is -0.383 e. The van der Waals surface area contributed by atoms with Crippen LogP contribution in [0.4, 0.5) is 0 Å². The molecule has 1 heterocycles. The molecule has 3 rings (SSSR count). The van der Waals surface area contributed by atoms with Crippen LogP contribution >= 0.6 is 39.0 Å². The highest BCUT2D eigenvalue weighted by Gasteiger charge is 2.07. The Labute approximate surface area is 175 Å². The molecule has 0 aliphatic heterocycles.